The van der Waals surface area contributed by atoms with Gasteiger partial charge in [-0.2, -0.15) is 0 Å². The molecule has 1 heterocycles. The smallest absolute Gasteiger partial charge is 0.244 e. The Balaban J connectivity index is 1.91. The summed E-state index contributed by atoms with van der Waals surface area (Å²) in [5, 5.41) is 3.19. The van der Waals surface area contributed by atoms with Gasteiger partial charge in [0.15, 0.2) is 4.67 Å². The number of nitrogens with one attached hydrogen (secondary N) is 2. The van der Waals surface area contributed by atoms with Crippen LogP contribution in [0.25, 0.3) is 0 Å². The average Bonchev–Trinajstić information content (AvgIpc) is 2.75. The minimum atomic E-state index is -3.50. The SMILES string of the molecule is CCCNCc1cc(S(=O)(=O)NCCC2CCC2)c(Br)o1. The second-order valence-corrected chi connectivity index (χ2v) is 7.97. The molecular formula is C14H23BrN2O3S. The minimum absolute atomic E-state index is 0.185. The predicted molar refractivity (Wildman–Crippen MR) is 85.6 cm³/mol. The van der Waals surface area contributed by atoms with E-state index in [1.165, 1.54) is 19.3 Å². The molecule has 1 fully saturated rings. The molecule has 5 nitrogen and oxygen atoms in total. The van der Waals surface area contributed by atoms with Crippen LogP contribution in [0.15, 0.2) is 20.0 Å². The first-order chi connectivity index (χ1) is 10.0. The van der Waals surface area contributed by atoms with Gasteiger partial charge in [0.05, 0.1) is 6.54 Å². The van der Waals surface area contributed by atoms with Crippen LogP contribution in [0.5, 0.6) is 0 Å². The minimum Gasteiger partial charge on any atom is -0.452 e. The van der Waals surface area contributed by atoms with E-state index in [9.17, 15) is 8.42 Å². The van der Waals surface area contributed by atoms with Gasteiger partial charge < -0.3 is 9.73 Å². The average molecular weight is 379 g/mol. The summed E-state index contributed by atoms with van der Waals surface area (Å²) in [6.45, 7) is 3.98. The van der Waals surface area contributed by atoms with Gasteiger partial charge in [-0.05, 0) is 41.2 Å². The number of sulfonamides is 1. The van der Waals surface area contributed by atoms with E-state index >= 15 is 0 Å². The van der Waals surface area contributed by atoms with Crippen LogP contribution in [0.3, 0.4) is 0 Å². The van der Waals surface area contributed by atoms with Gasteiger partial charge in [0, 0.05) is 12.6 Å². The highest BCUT2D eigenvalue weighted by Crippen LogP contribution is 2.29. The molecule has 2 N–H and O–H groups in total. The first-order valence-electron chi connectivity index (χ1n) is 7.51. The van der Waals surface area contributed by atoms with Gasteiger partial charge in [-0.25, -0.2) is 13.1 Å². The monoisotopic (exact) mass is 378 g/mol. The summed E-state index contributed by atoms with van der Waals surface area (Å²) in [5.41, 5.74) is 0. The first-order valence-corrected chi connectivity index (χ1v) is 9.79. The Hall–Kier alpha value is -0.370. The zero-order chi connectivity index (χ0) is 15.3. The summed E-state index contributed by atoms with van der Waals surface area (Å²) in [7, 11) is -3.50. The van der Waals surface area contributed by atoms with E-state index in [4.69, 9.17) is 4.42 Å². The Morgan fingerprint density at radius 1 is 1.38 bits per heavy atom. The van der Waals surface area contributed by atoms with Crippen molar-refractivity contribution in [2.45, 2.75) is 50.5 Å². The van der Waals surface area contributed by atoms with Crippen LogP contribution in [0.1, 0.15) is 44.8 Å². The maximum Gasteiger partial charge on any atom is 0.244 e. The van der Waals surface area contributed by atoms with Crippen molar-refractivity contribution >= 4 is 26.0 Å². The molecule has 2 rings (SSSR count). The van der Waals surface area contributed by atoms with Crippen LogP contribution in [0, 0.1) is 5.92 Å². The topological polar surface area (TPSA) is 71.3 Å². The molecule has 7 heteroatoms. The lowest BCUT2D eigenvalue weighted by molar-refractivity contribution is 0.297. The van der Waals surface area contributed by atoms with E-state index in [1.807, 2.05) is 0 Å². The van der Waals surface area contributed by atoms with E-state index in [2.05, 4.69) is 32.9 Å². The van der Waals surface area contributed by atoms with Gasteiger partial charge in [-0.15, -0.1) is 0 Å². The molecule has 0 radical (unpaired) electrons. The third-order valence-electron chi connectivity index (χ3n) is 3.79. The second-order valence-electron chi connectivity index (χ2n) is 5.51. The maximum absolute atomic E-state index is 12.3. The second kappa shape index (κ2) is 7.76. The van der Waals surface area contributed by atoms with Gasteiger partial charge in [-0.1, -0.05) is 26.2 Å². The van der Waals surface area contributed by atoms with Crippen molar-refractivity contribution in [2.75, 3.05) is 13.1 Å². The molecule has 0 aliphatic heterocycles. The molecule has 0 amide bonds. The van der Waals surface area contributed by atoms with Crippen LogP contribution in [0.4, 0.5) is 0 Å². The Kier molecular flexibility index (Phi) is 6.28. The van der Waals surface area contributed by atoms with Crippen molar-refractivity contribution in [1.82, 2.24) is 10.0 Å². The van der Waals surface area contributed by atoms with Crippen LogP contribution in [-0.2, 0) is 16.6 Å². The van der Waals surface area contributed by atoms with Crippen LogP contribution in [-0.4, -0.2) is 21.5 Å². The Morgan fingerprint density at radius 3 is 2.76 bits per heavy atom. The molecule has 21 heavy (non-hydrogen) atoms. The first kappa shape index (κ1) is 17.0. The molecule has 0 spiro atoms. The fourth-order valence-electron chi connectivity index (χ4n) is 2.31. The standard InChI is InChI=1S/C14H23BrN2O3S/c1-2-7-16-10-12-9-13(14(15)20-12)21(18,19)17-8-6-11-4-3-5-11/h9,11,16-17H,2-8,10H2,1H3. The number of hydrogen-bond donors (Lipinski definition) is 2. The zero-order valence-electron chi connectivity index (χ0n) is 12.3. The van der Waals surface area contributed by atoms with Crippen molar-refractivity contribution in [1.29, 1.82) is 0 Å². The maximum atomic E-state index is 12.3. The van der Waals surface area contributed by atoms with E-state index < -0.39 is 10.0 Å². The molecule has 0 bridgehead atoms. The predicted octanol–water partition coefficient (Wildman–Crippen LogP) is 3.01. The highest BCUT2D eigenvalue weighted by atomic mass is 79.9. The van der Waals surface area contributed by atoms with Gasteiger partial charge in [0.25, 0.3) is 0 Å². The summed E-state index contributed by atoms with van der Waals surface area (Å²) in [4.78, 5) is 0.185. The number of halogens is 1. The molecule has 120 valence electrons. The number of furan rings is 1. The number of rotatable bonds is 9. The summed E-state index contributed by atoms with van der Waals surface area (Å²) in [6, 6.07) is 1.58. The van der Waals surface area contributed by atoms with E-state index in [1.54, 1.807) is 6.07 Å². The number of hydrogen-bond acceptors (Lipinski definition) is 4. The lowest BCUT2D eigenvalue weighted by Gasteiger charge is -2.24. The van der Waals surface area contributed by atoms with Crippen LogP contribution >= 0.6 is 15.9 Å². The summed E-state index contributed by atoms with van der Waals surface area (Å²) in [5.74, 6) is 1.31. The molecule has 0 atom stereocenters. The molecule has 1 aromatic rings. The van der Waals surface area contributed by atoms with Crippen molar-refractivity contribution in [3.05, 3.63) is 16.5 Å². The largest absolute Gasteiger partial charge is 0.452 e. The van der Waals surface area contributed by atoms with Gasteiger partial charge in [0.1, 0.15) is 10.7 Å². The Labute approximate surface area is 135 Å². The van der Waals surface area contributed by atoms with E-state index in [-0.39, 0.29) is 9.56 Å². The molecule has 1 aliphatic rings. The van der Waals surface area contributed by atoms with Crippen molar-refractivity contribution in [2.24, 2.45) is 5.92 Å². The quantitative estimate of drug-likeness (QED) is 0.647. The molecular weight excluding hydrogens is 356 g/mol. The summed E-state index contributed by atoms with van der Waals surface area (Å²) >= 11 is 3.19. The normalized spacial score (nSPS) is 16.1. The van der Waals surface area contributed by atoms with Crippen LogP contribution < -0.4 is 10.0 Å². The third-order valence-corrected chi connectivity index (χ3v) is 6.11. The van der Waals surface area contributed by atoms with Crippen LogP contribution in [0.2, 0.25) is 0 Å². The highest BCUT2D eigenvalue weighted by Gasteiger charge is 2.23. The fourth-order valence-corrected chi connectivity index (χ4v) is 4.36. The van der Waals surface area contributed by atoms with Gasteiger partial charge in [-0.3, -0.25) is 0 Å². The fraction of sp³-hybridized carbons (Fsp3) is 0.714. The molecule has 1 saturated carbocycles. The van der Waals surface area contributed by atoms with Crippen molar-refractivity contribution in [3.8, 4) is 0 Å². The lowest BCUT2D eigenvalue weighted by atomic mass is 9.83. The van der Waals surface area contributed by atoms with Gasteiger partial charge in [0.2, 0.25) is 10.0 Å². The molecule has 0 saturated heterocycles. The molecule has 0 unspecified atom stereocenters. The van der Waals surface area contributed by atoms with E-state index in [0.29, 0.717) is 24.8 Å². The van der Waals surface area contributed by atoms with Crippen molar-refractivity contribution in [3.63, 3.8) is 0 Å². The Bertz CT molecular complexity index is 553. The third kappa shape index (κ3) is 4.81. The Morgan fingerprint density at radius 2 is 2.14 bits per heavy atom. The zero-order valence-corrected chi connectivity index (χ0v) is 14.7. The van der Waals surface area contributed by atoms with Gasteiger partial charge >= 0.3 is 0 Å². The molecule has 1 aromatic heterocycles. The molecule has 0 aromatic carbocycles. The lowest BCUT2D eigenvalue weighted by Crippen LogP contribution is -2.27. The van der Waals surface area contributed by atoms with E-state index in [0.717, 1.165) is 19.4 Å². The highest BCUT2D eigenvalue weighted by molar-refractivity contribution is 9.10. The van der Waals surface area contributed by atoms with Crippen molar-refractivity contribution < 1.29 is 12.8 Å². The molecule has 1 aliphatic carbocycles. The summed E-state index contributed by atoms with van der Waals surface area (Å²) < 4.78 is 32.9. The summed E-state index contributed by atoms with van der Waals surface area (Å²) in [6.07, 6.45) is 5.67.